The van der Waals surface area contributed by atoms with Crippen molar-refractivity contribution in [3.63, 3.8) is 0 Å². The van der Waals surface area contributed by atoms with E-state index >= 15 is 0 Å². The maximum atomic E-state index is 11.7. The molecule has 2 aromatic rings. The Hall–Kier alpha value is -2.10. The third kappa shape index (κ3) is 1.37. The molecular formula is C13H11NO3. The zero-order valence-corrected chi connectivity index (χ0v) is 9.14. The monoisotopic (exact) mass is 229 g/mol. The summed E-state index contributed by atoms with van der Waals surface area (Å²) in [7, 11) is 0. The van der Waals surface area contributed by atoms with Gasteiger partial charge in [0.05, 0.1) is 5.52 Å². The van der Waals surface area contributed by atoms with Crippen LogP contribution in [0.25, 0.3) is 10.9 Å². The number of hydrogen-bond acceptors (Lipinski definition) is 2. The van der Waals surface area contributed by atoms with E-state index in [0.29, 0.717) is 11.9 Å². The number of nitrogens with zero attached hydrogens (tertiary/aromatic N) is 1. The molecule has 0 bridgehead atoms. The van der Waals surface area contributed by atoms with E-state index in [9.17, 15) is 9.59 Å². The zero-order chi connectivity index (χ0) is 12.0. The van der Waals surface area contributed by atoms with Gasteiger partial charge in [-0.15, -0.1) is 0 Å². The van der Waals surface area contributed by atoms with Crippen molar-refractivity contribution in [2.45, 2.75) is 19.3 Å². The van der Waals surface area contributed by atoms with Gasteiger partial charge in [-0.3, -0.25) is 9.36 Å². The first-order valence-electron chi connectivity index (χ1n) is 5.58. The lowest BCUT2D eigenvalue weighted by Gasteiger charge is -2.15. The lowest BCUT2D eigenvalue weighted by atomic mass is 9.88. The number of aryl methyl sites for hydroxylation is 1. The number of Topliss-reactive ketones (excluding diaryl/α,β-unsaturated/α-hetero) is 1. The Labute approximate surface area is 97.5 Å². The lowest BCUT2D eigenvalue weighted by Crippen LogP contribution is -2.11. The Morgan fingerprint density at radius 1 is 1.24 bits per heavy atom. The first-order valence-corrected chi connectivity index (χ1v) is 5.58. The van der Waals surface area contributed by atoms with Crippen LogP contribution in [0.3, 0.4) is 0 Å². The van der Waals surface area contributed by atoms with Gasteiger partial charge in [-0.2, -0.15) is 0 Å². The number of rotatable bonds is 0. The van der Waals surface area contributed by atoms with Crippen molar-refractivity contribution >= 4 is 22.8 Å². The first-order chi connectivity index (χ1) is 8.18. The molecule has 4 heteroatoms. The fraction of sp³-hybridized carbons (Fsp3) is 0.231. The molecule has 17 heavy (non-hydrogen) atoms. The highest BCUT2D eigenvalue weighted by atomic mass is 16.4. The highest BCUT2D eigenvalue weighted by Gasteiger charge is 2.20. The molecule has 1 N–H and O–H groups in total. The van der Waals surface area contributed by atoms with Crippen molar-refractivity contribution in [3.05, 3.63) is 35.5 Å². The molecule has 1 aliphatic rings. The van der Waals surface area contributed by atoms with E-state index in [1.54, 1.807) is 18.2 Å². The van der Waals surface area contributed by atoms with E-state index in [0.717, 1.165) is 29.4 Å². The summed E-state index contributed by atoms with van der Waals surface area (Å²) in [5, 5.41) is 9.91. The van der Waals surface area contributed by atoms with E-state index in [2.05, 4.69) is 0 Å². The summed E-state index contributed by atoms with van der Waals surface area (Å²) >= 11 is 0. The van der Waals surface area contributed by atoms with Crippen molar-refractivity contribution in [2.24, 2.45) is 0 Å². The summed E-state index contributed by atoms with van der Waals surface area (Å²) in [5.41, 5.74) is 2.41. The molecule has 1 aliphatic carbocycles. The molecule has 0 spiro atoms. The number of carbonyl (C=O) groups excluding carboxylic acids is 1. The predicted molar refractivity (Wildman–Crippen MR) is 62.6 cm³/mol. The van der Waals surface area contributed by atoms with Crippen LogP contribution in [0, 0.1) is 0 Å². The van der Waals surface area contributed by atoms with E-state index in [4.69, 9.17) is 5.11 Å². The summed E-state index contributed by atoms with van der Waals surface area (Å²) in [5.74, 6) is 0.163. The molecule has 0 saturated heterocycles. The Balaban J connectivity index is 2.32. The van der Waals surface area contributed by atoms with Crippen molar-refractivity contribution in [3.8, 4) is 0 Å². The molecule has 1 heterocycles. The average molecular weight is 229 g/mol. The molecule has 0 radical (unpaired) electrons. The largest absolute Gasteiger partial charge is 0.464 e. The number of carbonyl (C=O) groups is 2. The number of aromatic nitrogens is 1. The summed E-state index contributed by atoms with van der Waals surface area (Å²) in [6.45, 7) is 0. The minimum absolute atomic E-state index is 0.163. The third-order valence-electron chi connectivity index (χ3n) is 3.32. The first kappa shape index (κ1) is 10.1. The van der Waals surface area contributed by atoms with Crippen molar-refractivity contribution < 1.29 is 14.7 Å². The fourth-order valence-electron chi connectivity index (χ4n) is 2.54. The van der Waals surface area contributed by atoms with Gasteiger partial charge in [0.15, 0.2) is 5.78 Å². The smallest absolute Gasteiger partial charge is 0.415 e. The quantitative estimate of drug-likeness (QED) is 0.755. The van der Waals surface area contributed by atoms with Crippen LogP contribution in [-0.4, -0.2) is 21.6 Å². The molecule has 0 saturated carbocycles. The fourth-order valence-corrected chi connectivity index (χ4v) is 2.54. The Bertz CT molecular complexity index is 639. The highest BCUT2D eigenvalue weighted by molar-refractivity contribution is 6.04. The maximum Gasteiger partial charge on any atom is 0.415 e. The topological polar surface area (TPSA) is 59.3 Å². The number of hydrogen-bond donors (Lipinski definition) is 1. The molecule has 1 aromatic heterocycles. The van der Waals surface area contributed by atoms with Crippen LogP contribution >= 0.6 is 0 Å². The summed E-state index contributed by atoms with van der Waals surface area (Å²) in [4.78, 5) is 22.8. The van der Waals surface area contributed by atoms with E-state index in [1.165, 1.54) is 10.8 Å². The van der Waals surface area contributed by atoms with Crippen LogP contribution in [0.15, 0.2) is 24.4 Å². The number of fused-ring (bicyclic) bond motifs is 3. The number of ketones is 1. The molecule has 3 rings (SSSR count). The second-order valence-corrected chi connectivity index (χ2v) is 4.27. The normalized spacial score (nSPS) is 14.9. The summed E-state index contributed by atoms with van der Waals surface area (Å²) in [6.07, 6.45) is 2.83. The molecule has 1 aromatic carbocycles. The van der Waals surface area contributed by atoms with Gasteiger partial charge in [0, 0.05) is 23.6 Å². The summed E-state index contributed by atoms with van der Waals surface area (Å²) in [6, 6.07) is 5.24. The van der Waals surface area contributed by atoms with Crippen molar-refractivity contribution in [1.82, 2.24) is 4.57 Å². The molecule has 0 amide bonds. The van der Waals surface area contributed by atoms with Crippen LogP contribution in [0.4, 0.5) is 4.79 Å². The van der Waals surface area contributed by atoms with Crippen molar-refractivity contribution in [2.75, 3.05) is 0 Å². The van der Waals surface area contributed by atoms with Gasteiger partial charge in [-0.1, -0.05) is 0 Å². The predicted octanol–water partition coefficient (Wildman–Crippen LogP) is 2.69. The van der Waals surface area contributed by atoms with Crippen LogP contribution in [-0.2, 0) is 6.42 Å². The Kier molecular flexibility index (Phi) is 2.04. The van der Waals surface area contributed by atoms with E-state index < -0.39 is 6.09 Å². The highest BCUT2D eigenvalue weighted by Crippen LogP contribution is 2.29. The average Bonchev–Trinajstić information content (AvgIpc) is 2.73. The van der Waals surface area contributed by atoms with Gasteiger partial charge in [-0.05, 0) is 36.6 Å². The van der Waals surface area contributed by atoms with Gasteiger partial charge in [0.25, 0.3) is 0 Å². The van der Waals surface area contributed by atoms with Crippen molar-refractivity contribution in [1.29, 1.82) is 0 Å². The Morgan fingerprint density at radius 3 is 2.82 bits per heavy atom. The lowest BCUT2D eigenvalue weighted by molar-refractivity contribution is 0.0973. The maximum absolute atomic E-state index is 11.7. The number of benzene rings is 1. The minimum Gasteiger partial charge on any atom is -0.464 e. The van der Waals surface area contributed by atoms with Gasteiger partial charge in [0.1, 0.15) is 0 Å². The minimum atomic E-state index is -0.998. The Morgan fingerprint density at radius 2 is 2.06 bits per heavy atom. The van der Waals surface area contributed by atoms with Gasteiger partial charge in [-0.25, -0.2) is 4.79 Å². The van der Waals surface area contributed by atoms with E-state index in [-0.39, 0.29) is 5.78 Å². The van der Waals surface area contributed by atoms with Crippen LogP contribution in [0.1, 0.15) is 28.8 Å². The van der Waals surface area contributed by atoms with Crippen LogP contribution in [0.5, 0.6) is 0 Å². The number of carboxylic acid groups (broad SMARTS) is 1. The van der Waals surface area contributed by atoms with Crippen LogP contribution in [0.2, 0.25) is 0 Å². The van der Waals surface area contributed by atoms with E-state index in [1.807, 2.05) is 0 Å². The molecule has 0 fully saturated rings. The molecule has 0 unspecified atom stereocenters. The standard InChI is InChI=1S/C13H11NO3/c15-12-3-1-2-8-9-6-7-14(13(16)17)11(9)5-4-10(8)12/h4-7H,1-3H2,(H,16,17). The molecule has 0 aliphatic heterocycles. The molecule has 4 nitrogen and oxygen atoms in total. The second kappa shape index (κ2) is 3.45. The second-order valence-electron chi connectivity index (χ2n) is 4.27. The van der Waals surface area contributed by atoms with Gasteiger partial charge < -0.3 is 5.11 Å². The SMILES string of the molecule is O=C1CCCc2c1ccc1c2ccn1C(=O)O. The van der Waals surface area contributed by atoms with Crippen LogP contribution < -0.4 is 0 Å². The molecule has 86 valence electrons. The zero-order valence-electron chi connectivity index (χ0n) is 9.14. The third-order valence-corrected chi connectivity index (χ3v) is 3.32. The molecule has 0 atom stereocenters. The molecular weight excluding hydrogens is 218 g/mol. The van der Waals surface area contributed by atoms with Gasteiger partial charge in [0.2, 0.25) is 0 Å². The van der Waals surface area contributed by atoms with Gasteiger partial charge >= 0.3 is 6.09 Å². The summed E-state index contributed by atoms with van der Waals surface area (Å²) < 4.78 is 1.19.